The molecule has 0 saturated heterocycles. The second-order valence-corrected chi connectivity index (χ2v) is 39.5. The van der Waals surface area contributed by atoms with E-state index in [4.69, 9.17) is 24.4 Å². The van der Waals surface area contributed by atoms with E-state index in [2.05, 4.69) is 147 Å². The smallest absolute Gasteiger partial charge is 0.316 e. The normalized spacial score (nSPS) is 13.6. The third-order valence-electron chi connectivity index (χ3n) is 29.3. The number of hydrogen-bond donors (Lipinski definition) is 1. The van der Waals surface area contributed by atoms with Gasteiger partial charge in [0.2, 0.25) is 0 Å². The summed E-state index contributed by atoms with van der Waals surface area (Å²) in [6, 6.07) is 36.5. The second kappa shape index (κ2) is 43.5. The van der Waals surface area contributed by atoms with Crippen molar-refractivity contribution in [2.75, 3.05) is 20.7 Å². The van der Waals surface area contributed by atoms with Crippen LogP contribution in [0.1, 0.15) is 194 Å². The van der Waals surface area contributed by atoms with Gasteiger partial charge < -0.3 is 24.7 Å². The summed E-state index contributed by atoms with van der Waals surface area (Å²) in [6.45, 7) is 9.31. The lowest BCUT2D eigenvalue weighted by Gasteiger charge is -2.13. The SMILES string of the molecule is CN(C)Cc1ccc(-c2cnc(CCc3cccc4c3CCO4)n3cnnc23)cc1.Cc1nc(C2CC2)ncc1-c1cnc(CCc2c(F)ccc3c2CCC3)n2cnnc12.Cc1nc(OC(C)C)ncc1-c1cnc(CCc2c(F)ccc3c2CCC3)n2cnnc12.OCc1ncccc1-c1cnc(CCc2c(F)ccc3c2CCC3)n2cnnc12.[O-][n+]1cccc(-c2cnc(CCc3c(F)ccc4c3CCC4)n3cnnc23)c1. The van der Waals surface area contributed by atoms with Gasteiger partial charge >= 0.3 is 6.01 Å². The van der Waals surface area contributed by atoms with Gasteiger partial charge in [0.05, 0.1) is 41.8 Å². The highest BCUT2D eigenvalue weighted by atomic mass is 19.1. The lowest BCUT2D eigenvalue weighted by atomic mass is 9.98. The molecule has 0 amide bonds. The summed E-state index contributed by atoms with van der Waals surface area (Å²) in [5.41, 5.74) is 31.4. The number of aromatic nitrogens is 26. The minimum atomic E-state index is -0.170. The number of ether oxygens (including phenoxy) is 2. The van der Waals surface area contributed by atoms with Crippen molar-refractivity contribution in [3.8, 4) is 67.4 Å². The van der Waals surface area contributed by atoms with Gasteiger partial charge in [0.15, 0.2) is 40.6 Å². The fourth-order valence-electron chi connectivity index (χ4n) is 21.7. The molecule has 0 radical (unpaired) electrons. The number of aliphatic hydroxyl groups is 1. The van der Waals surface area contributed by atoms with Crippen LogP contribution in [0.15, 0.2) is 209 Å². The molecule has 20 aromatic rings. The molecule has 150 heavy (non-hydrogen) atoms. The first-order chi connectivity index (χ1) is 73.3. The average Bonchev–Trinajstić information content (AvgIpc) is 1.61. The fraction of sp³-hybridized carbons (Fsp3) is 0.313. The molecular weight excluding hydrogens is 1900 g/mol. The predicted molar refractivity (Wildman–Crippen MR) is 556 cm³/mol. The zero-order valence-electron chi connectivity index (χ0n) is 84.3. The van der Waals surface area contributed by atoms with Crippen LogP contribution in [0.25, 0.3) is 83.9 Å². The van der Waals surface area contributed by atoms with Crippen molar-refractivity contribution in [3.63, 3.8) is 0 Å². The van der Waals surface area contributed by atoms with Gasteiger partial charge in [-0.3, -0.25) is 27.0 Å². The number of pyridine rings is 2. The van der Waals surface area contributed by atoms with Crippen LogP contribution >= 0.6 is 0 Å². The molecule has 0 atom stereocenters. The minimum Gasteiger partial charge on any atom is -0.619 e. The number of rotatable bonds is 26. The molecule has 35 heteroatoms. The first-order valence-electron chi connectivity index (χ1n) is 51.5. The Morgan fingerprint density at radius 3 is 1.25 bits per heavy atom. The van der Waals surface area contributed by atoms with Crippen molar-refractivity contribution in [1.82, 2.24) is 128 Å². The Hall–Kier alpha value is -16.4. The van der Waals surface area contributed by atoms with Crippen LogP contribution in [0.4, 0.5) is 17.6 Å². The maximum absolute atomic E-state index is 14.6. The van der Waals surface area contributed by atoms with Gasteiger partial charge in [-0.25, -0.2) is 57.4 Å². The molecule has 758 valence electrons. The van der Waals surface area contributed by atoms with Gasteiger partial charge in [0, 0.05) is 157 Å². The monoisotopic (exact) mass is 2010 g/mol. The highest BCUT2D eigenvalue weighted by Crippen LogP contribution is 2.41. The van der Waals surface area contributed by atoms with Crippen molar-refractivity contribution in [2.24, 2.45) is 0 Å². The Morgan fingerprint density at radius 1 is 0.413 bits per heavy atom. The van der Waals surface area contributed by atoms with Crippen molar-refractivity contribution in [3.05, 3.63) is 373 Å². The molecule has 0 unspecified atom stereocenters. The Bertz CT molecular complexity index is 8430. The highest BCUT2D eigenvalue weighted by Gasteiger charge is 2.31. The van der Waals surface area contributed by atoms with Crippen molar-refractivity contribution in [2.45, 2.75) is 213 Å². The van der Waals surface area contributed by atoms with E-state index in [1.165, 1.54) is 86.4 Å². The summed E-state index contributed by atoms with van der Waals surface area (Å²) in [6.07, 6.45) is 47.7. The Morgan fingerprint density at radius 2 is 0.827 bits per heavy atom. The van der Waals surface area contributed by atoms with Gasteiger partial charge in [0.25, 0.3) is 0 Å². The molecule has 0 spiro atoms. The van der Waals surface area contributed by atoms with E-state index in [-0.39, 0.29) is 36.0 Å². The van der Waals surface area contributed by atoms with Crippen LogP contribution in [0, 0.1) is 42.3 Å². The Kier molecular flexibility index (Phi) is 28.5. The molecule has 1 saturated carbocycles. The van der Waals surface area contributed by atoms with Gasteiger partial charge in [-0.05, 0) is 290 Å². The van der Waals surface area contributed by atoms with E-state index in [0.29, 0.717) is 85.9 Å². The summed E-state index contributed by atoms with van der Waals surface area (Å²) in [5.74, 6) is 6.10. The Balaban J connectivity index is 0.000000106. The van der Waals surface area contributed by atoms with Crippen LogP contribution in [-0.2, 0) is 135 Å². The minimum absolute atomic E-state index is 0.0000785. The molecule has 1 N–H and O–H groups in total. The number of aliphatic hydroxyl groups excluding tert-OH is 1. The molecule has 26 rings (SSSR count). The van der Waals surface area contributed by atoms with Gasteiger partial charge in [0.1, 0.15) is 95.6 Å². The van der Waals surface area contributed by atoms with Crippen LogP contribution < -0.4 is 14.2 Å². The third-order valence-corrected chi connectivity index (χ3v) is 29.3. The van der Waals surface area contributed by atoms with Gasteiger partial charge in [-0.15, -0.1) is 51.0 Å². The number of benzene rings is 6. The molecule has 31 nitrogen and oxygen atoms in total. The number of aryl methyl sites for hydroxylation is 12. The molecule has 6 aromatic carbocycles. The first kappa shape index (κ1) is 98.3. The topological polar surface area (TPSA) is 349 Å². The lowest BCUT2D eigenvalue weighted by Crippen LogP contribution is -2.24. The maximum atomic E-state index is 14.6. The highest BCUT2D eigenvalue weighted by molar-refractivity contribution is 5.81. The summed E-state index contributed by atoms with van der Waals surface area (Å²) in [7, 11) is 4.15. The summed E-state index contributed by atoms with van der Waals surface area (Å²) >= 11 is 0. The largest absolute Gasteiger partial charge is 0.619 e. The van der Waals surface area contributed by atoms with Crippen LogP contribution in [0.5, 0.6) is 11.8 Å². The van der Waals surface area contributed by atoms with Crippen molar-refractivity contribution >= 4 is 28.2 Å². The van der Waals surface area contributed by atoms with Gasteiger partial charge in [-0.2, -0.15) is 9.71 Å². The molecular formula is C115H111F4N27O4. The summed E-state index contributed by atoms with van der Waals surface area (Å²) < 4.78 is 79.5. The zero-order valence-corrected chi connectivity index (χ0v) is 84.3. The molecule has 15 heterocycles. The molecule has 0 bridgehead atoms. The number of halogens is 4. The number of nitrogens with zero attached hydrogens (tertiary/aromatic N) is 27. The molecule has 14 aromatic heterocycles. The molecule has 5 aliphatic carbocycles. The number of hydrogen-bond acceptors (Lipinski definition) is 25. The quantitative estimate of drug-likeness (QED) is 0.0299. The van der Waals surface area contributed by atoms with Crippen molar-refractivity contribution in [1.29, 1.82) is 0 Å². The number of fused-ring (bicyclic) bond motifs is 10. The molecule has 1 aliphatic heterocycles. The Labute approximate surface area is 862 Å². The lowest BCUT2D eigenvalue weighted by molar-refractivity contribution is -0.604. The van der Waals surface area contributed by atoms with Crippen molar-refractivity contribution < 1.29 is 36.9 Å². The molecule has 1 fully saturated rings. The predicted octanol–water partition coefficient (Wildman–Crippen LogP) is 17.8. The van der Waals surface area contributed by atoms with Crippen LogP contribution in [0.3, 0.4) is 0 Å². The van der Waals surface area contributed by atoms with E-state index >= 15 is 0 Å². The first-order valence-corrected chi connectivity index (χ1v) is 51.5. The van der Waals surface area contributed by atoms with Gasteiger partial charge in [-0.1, -0.05) is 66.7 Å². The average molecular weight is 2010 g/mol. The van der Waals surface area contributed by atoms with E-state index in [1.807, 2.05) is 111 Å². The second-order valence-electron chi connectivity index (χ2n) is 39.5. The van der Waals surface area contributed by atoms with E-state index in [9.17, 15) is 27.9 Å². The van der Waals surface area contributed by atoms with Crippen LogP contribution in [-0.4, -0.2) is 160 Å². The van der Waals surface area contributed by atoms with E-state index in [0.717, 1.165) is 255 Å². The van der Waals surface area contributed by atoms with E-state index in [1.54, 1.807) is 93.0 Å². The summed E-state index contributed by atoms with van der Waals surface area (Å²) in [4.78, 5) is 47.8. The van der Waals surface area contributed by atoms with E-state index < -0.39 is 0 Å². The zero-order chi connectivity index (χ0) is 103. The third kappa shape index (κ3) is 20.7. The standard InChI is InChI=1S/C24H25FN6O.C24H23FN6.C24H25N5O.C22H20FN5O.C21H18FN5O/c1-14(2)32-24-27-11-19(15(3)29-24)20-12-26-22(31-13-28-30-23(20)31)10-8-18-17-6-4-5-16(17)7-9-21(18)25;1-14-19(11-27-23(29-14)16-5-6-16)20-12-26-22(31-13-28-30-24(20)31)10-8-18-17-4-2-3-15(17)7-9-21(18)25;1-28(2)15-17-6-8-19(9-7-17)21-14-25-23(29-16-26-27-24(21)29)11-10-18-4-3-5-22-20(18)12-13-30-22;23-19-8-6-14-3-1-4-15(14)16(19)7-9-21-25-11-18(22-27-26-13-28(21)22)17-5-2-10-24-20(17)12-29;22-19-8-6-14-3-1-5-16(14)17(19)7-9-20-23-11-18(21-25-24-13-27(20)21)15-4-2-10-26(28)12-15/h7,9,11-14H,4-6,8,10H2,1-3H3;7,9,11-13,16H,2-6,8,10H2,1H3;3-9,14,16H,10-13,15H2,1-2H3;2,5-6,8,10-11,13,29H,1,3-4,7,9,12H2;2,4,6,8,10-13H,1,3,5,7,9H2. The fourth-order valence-corrected chi connectivity index (χ4v) is 21.7. The maximum Gasteiger partial charge on any atom is 0.316 e. The van der Waals surface area contributed by atoms with Crippen LogP contribution in [0.2, 0.25) is 0 Å². The summed E-state index contributed by atoms with van der Waals surface area (Å²) in [5, 5.41) is 63.2. The molecule has 6 aliphatic rings.